The highest BCUT2D eigenvalue weighted by Gasteiger charge is 1.97. The van der Waals surface area contributed by atoms with Crippen molar-refractivity contribution in [2.24, 2.45) is 5.10 Å². The van der Waals surface area contributed by atoms with Crippen LogP contribution in [0.15, 0.2) is 29.4 Å². The third-order valence-corrected chi connectivity index (χ3v) is 2.76. The van der Waals surface area contributed by atoms with Gasteiger partial charge in [0.1, 0.15) is 11.6 Å². The first kappa shape index (κ1) is 12.9. The summed E-state index contributed by atoms with van der Waals surface area (Å²) in [4.78, 5) is 12.4. The molecule has 0 spiro atoms. The normalized spacial score (nSPS) is 10.8. The van der Waals surface area contributed by atoms with Gasteiger partial charge in [0.15, 0.2) is 0 Å². The molecule has 2 aromatic rings. The molecule has 5 nitrogen and oxygen atoms in total. The number of nitrogens with one attached hydrogen (secondary N) is 1. The van der Waals surface area contributed by atoms with E-state index >= 15 is 0 Å². The smallest absolute Gasteiger partial charge is 0.245 e. The average molecular weight is 353 g/mol. The van der Waals surface area contributed by atoms with Gasteiger partial charge in [-0.1, -0.05) is 12.1 Å². The minimum absolute atomic E-state index is 0.460. The molecule has 0 aliphatic heterocycles. The number of nitrogens with zero attached hydrogens (tertiary/aromatic N) is 4. The second-order valence-corrected chi connectivity index (χ2v) is 4.92. The van der Waals surface area contributed by atoms with Crippen molar-refractivity contribution in [3.8, 4) is 0 Å². The van der Waals surface area contributed by atoms with Crippen LogP contribution in [0.2, 0.25) is 0 Å². The van der Waals surface area contributed by atoms with Crippen LogP contribution in [0.1, 0.15) is 17.2 Å². The third-order valence-electron chi connectivity index (χ3n) is 2.09. The number of rotatable bonds is 3. The molecule has 0 unspecified atom stereocenters. The van der Waals surface area contributed by atoms with Crippen molar-refractivity contribution in [2.75, 3.05) is 5.43 Å². The van der Waals surface area contributed by atoms with E-state index in [0.29, 0.717) is 17.6 Å². The first-order valence-electron chi connectivity index (χ1n) is 5.37. The Bertz CT molecular complexity index is 562. The van der Waals surface area contributed by atoms with E-state index in [1.165, 1.54) is 3.57 Å². The number of aromatic nitrogens is 3. The molecule has 0 aliphatic carbocycles. The minimum Gasteiger partial charge on any atom is -0.245 e. The number of benzene rings is 1. The van der Waals surface area contributed by atoms with E-state index in [0.717, 1.165) is 5.56 Å². The van der Waals surface area contributed by atoms with Crippen LogP contribution in [0.3, 0.4) is 0 Å². The highest BCUT2D eigenvalue weighted by Crippen LogP contribution is 2.06. The topological polar surface area (TPSA) is 63.1 Å². The Kier molecular flexibility index (Phi) is 4.19. The van der Waals surface area contributed by atoms with Crippen LogP contribution >= 0.6 is 22.6 Å². The first-order chi connectivity index (χ1) is 8.63. The fourth-order valence-corrected chi connectivity index (χ4v) is 1.98. The van der Waals surface area contributed by atoms with Crippen molar-refractivity contribution in [3.63, 3.8) is 0 Å². The van der Waals surface area contributed by atoms with E-state index in [-0.39, 0.29) is 0 Å². The van der Waals surface area contributed by atoms with Crippen molar-refractivity contribution in [2.45, 2.75) is 13.8 Å². The molecule has 0 aliphatic rings. The van der Waals surface area contributed by atoms with Crippen LogP contribution in [-0.4, -0.2) is 21.2 Å². The lowest BCUT2D eigenvalue weighted by Crippen LogP contribution is -2.02. The lowest BCUT2D eigenvalue weighted by molar-refractivity contribution is 0.918. The Morgan fingerprint density at radius 3 is 2.56 bits per heavy atom. The number of hydrazone groups is 1. The molecule has 0 amide bonds. The fourth-order valence-electron chi connectivity index (χ4n) is 1.42. The Labute approximate surface area is 119 Å². The van der Waals surface area contributed by atoms with Crippen molar-refractivity contribution in [1.82, 2.24) is 15.0 Å². The number of hydrogen-bond acceptors (Lipinski definition) is 5. The molecule has 0 saturated carbocycles. The SMILES string of the molecule is Cc1nc(C)nc(N/N=C/c2cccc(I)c2)n1. The quantitative estimate of drug-likeness (QED) is 0.523. The number of aryl methyl sites for hydroxylation is 2. The Morgan fingerprint density at radius 2 is 1.89 bits per heavy atom. The van der Waals surface area contributed by atoms with Gasteiger partial charge in [-0.05, 0) is 54.1 Å². The molecule has 1 aromatic carbocycles. The summed E-state index contributed by atoms with van der Waals surface area (Å²) in [6.07, 6.45) is 1.73. The van der Waals surface area contributed by atoms with E-state index in [9.17, 15) is 0 Å². The monoisotopic (exact) mass is 353 g/mol. The summed E-state index contributed by atoms with van der Waals surface area (Å²) in [6.45, 7) is 3.65. The summed E-state index contributed by atoms with van der Waals surface area (Å²) in [6, 6.07) is 8.04. The standard InChI is InChI=1S/C12H12IN5/c1-8-15-9(2)17-12(16-8)18-14-7-10-4-3-5-11(13)6-10/h3-7H,1-2H3,(H,15,16,17,18)/b14-7+. The van der Waals surface area contributed by atoms with Crippen molar-refractivity contribution in [1.29, 1.82) is 0 Å². The largest absolute Gasteiger partial charge is 0.247 e. The van der Waals surface area contributed by atoms with Gasteiger partial charge in [0, 0.05) is 3.57 Å². The summed E-state index contributed by atoms with van der Waals surface area (Å²) in [5.41, 5.74) is 3.82. The molecule has 92 valence electrons. The lowest BCUT2D eigenvalue weighted by atomic mass is 10.2. The van der Waals surface area contributed by atoms with Gasteiger partial charge in [0.05, 0.1) is 6.21 Å². The fraction of sp³-hybridized carbons (Fsp3) is 0.167. The van der Waals surface area contributed by atoms with Gasteiger partial charge >= 0.3 is 0 Å². The maximum Gasteiger partial charge on any atom is 0.247 e. The first-order valence-corrected chi connectivity index (χ1v) is 6.45. The molecular formula is C12H12IN5. The highest BCUT2D eigenvalue weighted by molar-refractivity contribution is 14.1. The van der Waals surface area contributed by atoms with Crippen molar-refractivity contribution < 1.29 is 0 Å². The van der Waals surface area contributed by atoms with E-state index in [1.54, 1.807) is 6.21 Å². The molecule has 1 heterocycles. The van der Waals surface area contributed by atoms with Crippen LogP contribution in [0, 0.1) is 17.4 Å². The van der Waals surface area contributed by atoms with Crippen LogP contribution in [0.4, 0.5) is 5.95 Å². The molecule has 0 fully saturated rings. The van der Waals surface area contributed by atoms with Crippen molar-refractivity contribution in [3.05, 3.63) is 45.0 Å². The van der Waals surface area contributed by atoms with Gasteiger partial charge in [0.2, 0.25) is 5.95 Å². The van der Waals surface area contributed by atoms with E-state index in [4.69, 9.17) is 0 Å². The third kappa shape index (κ3) is 3.73. The zero-order valence-electron chi connectivity index (χ0n) is 10.1. The summed E-state index contributed by atoms with van der Waals surface area (Å²) in [5, 5.41) is 4.10. The highest BCUT2D eigenvalue weighted by atomic mass is 127. The zero-order chi connectivity index (χ0) is 13.0. The van der Waals surface area contributed by atoms with Gasteiger partial charge in [-0.15, -0.1) is 0 Å². The van der Waals surface area contributed by atoms with Gasteiger partial charge in [0.25, 0.3) is 0 Å². The lowest BCUT2D eigenvalue weighted by Gasteiger charge is -2.00. The maximum absolute atomic E-state index is 4.13. The summed E-state index contributed by atoms with van der Waals surface area (Å²) < 4.78 is 1.17. The maximum atomic E-state index is 4.13. The van der Waals surface area contributed by atoms with Crippen molar-refractivity contribution >= 4 is 34.8 Å². The van der Waals surface area contributed by atoms with Gasteiger partial charge in [-0.3, -0.25) is 0 Å². The molecule has 18 heavy (non-hydrogen) atoms. The predicted molar refractivity (Wildman–Crippen MR) is 79.7 cm³/mol. The van der Waals surface area contributed by atoms with E-state index in [1.807, 2.05) is 38.1 Å². The summed E-state index contributed by atoms with van der Waals surface area (Å²) in [7, 11) is 0. The van der Waals surface area contributed by atoms with Gasteiger partial charge in [-0.25, -0.2) is 10.4 Å². The Hall–Kier alpha value is -1.57. The van der Waals surface area contributed by atoms with Crippen LogP contribution in [0.5, 0.6) is 0 Å². The molecule has 2 rings (SSSR count). The number of anilines is 1. The van der Waals surface area contributed by atoms with Crippen LogP contribution < -0.4 is 5.43 Å². The van der Waals surface area contributed by atoms with E-state index in [2.05, 4.69) is 48.1 Å². The molecule has 0 saturated heterocycles. The zero-order valence-corrected chi connectivity index (χ0v) is 12.2. The predicted octanol–water partition coefficient (Wildman–Crippen LogP) is 2.54. The number of halogens is 1. The van der Waals surface area contributed by atoms with Gasteiger partial charge in [-0.2, -0.15) is 15.1 Å². The molecule has 6 heteroatoms. The Morgan fingerprint density at radius 1 is 1.17 bits per heavy atom. The molecule has 1 N–H and O–H groups in total. The summed E-state index contributed by atoms with van der Waals surface area (Å²) in [5.74, 6) is 1.81. The molecule has 0 atom stereocenters. The second kappa shape index (κ2) is 5.85. The molecule has 1 aromatic heterocycles. The molecule has 0 radical (unpaired) electrons. The molecular weight excluding hydrogens is 341 g/mol. The van der Waals surface area contributed by atoms with Gasteiger partial charge < -0.3 is 0 Å². The second-order valence-electron chi connectivity index (χ2n) is 3.68. The van der Waals surface area contributed by atoms with Crippen LogP contribution in [0.25, 0.3) is 0 Å². The summed E-state index contributed by atoms with van der Waals surface area (Å²) >= 11 is 2.26. The average Bonchev–Trinajstić information content (AvgIpc) is 2.27. The Balaban J connectivity index is 2.07. The van der Waals surface area contributed by atoms with E-state index < -0.39 is 0 Å². The molecule has 0 bridgehead atoms. The minimum atomic E-state index is 0.460. The number of hydrogen-bond donors (Lipinski definition) is 1. The van der Waals surface area contributed by atoms with Crippen LogP contribution in [-0.2, 0) is 0 Å².